The Morgan fingerprint density at radius 2 is 2.41 bits per heavy atom. The number of amides is 1. The van der Waals surface area contributed by atoms with Gasteiger partial charge in [-0.3, -0.25) is 0 Å². The fourth-order valence-corrected chi connectivity index (χ4v) is 3.33. The molecule has 17 heavy (non-hydrogen) atoms. The predicted octanol–water partition coefficient (Wildman–Crippen LogP) is 3.08. The van der Waals surface area contributed by atoms with Crippen molar-refractivity contribution >= 4 is 17.4 Å². The van der Waals surface area contributed by atoms with E-state index in [1.54, 1.807) is 11.3 Å². The third-order valence-electron chi connectivity index (χ3n) is 3.30. The number of fused-ring (bicyclic) bond motifs is 1. The average Bonchev–Trinajstić information content (AvgIpc) is 2.68. The molecule has 1 aromatic rings. The van der Waals surface area contributed by atoms with Gasteiger partial charge in [0, 0.05) is 23.9 Å². The lowest BCUT2D eigenvalue weighted by atomic mass is 10.1. The van der Waals surface area contributed by atoms with Crippen LogP contribution >= 0.6 is 11.3 Å². The van der Waals surface area contributed by atoms with Gasteiger partial charge in [0.15, 0.2) is 0 Å². The van der Waals surface area contributed by atoms with Gasteiger partial charge in [-0.25, -0.2) is 4.79 Å². The molecule has 0 N–H and O–H groups in total. The zero-order valence-electron chi connectivity index (χ0n) is 10.4. The van der Waals surface area contributed by atoms with Gasteiger partial charge in [-0.05, 0) is 36.8 Å². The van der Waals surface area contributed by atoms with Crippen LogP contribution < -0.4 is 0 Å². The molecule has 0 bridgehead atoms. The van der Waals surface area contributed by atoms with Crippen molar-refractivity contribution in [2.75, 3.05) is 13.2 Å². The van der Waals surface area contributed by atoms with Gasteiger partial charge in [0.05, 0.1) is 6.61 Å². The lowest BCUT2D eigenvalue weighted by Crippen LogP contribution is -2.41. The van der Waals surface area contributed by atoms with Crippen molar-refractivity contribution in [2.45, 2.75) is 39.2 Å². The Bertz CT molecular complexity index is 389. The maximum Gasteiger partial charge on any atom is 0.410 e. The number of thiophene rings is 1. The molecule has 0 aromatic carbocycles. The quantitative estimate of drug-likeness (QED) is 0.810. The van der Waals surface area contributed by atoms with Crippen LogP contribution in [0.2, 0.25) is 0 Å². The van der Waals surface area contributed by atoms with E-state index < -0.39 is 0 Å². The van der Waals surface area contributed by atoms with Gasteiger partial charge in [0.2, 0.25) is 0 Å². The molecule has 2 rings (SSSR count). The first-order chi connectivity index (χ1) is 8.26. The van der Waals surface area contributed by atoms with Gasteiger partial charge >= 0.3 is 6.09 Å². The summed E-state index contributed by atoms with van der Waals surface area (Å²) >= 11 is 1.81. The first-order valence-corrected chi connectivity index (χ1v) is 7.12. The van der Waals surface area contributed by atoms with E-state index in [2.05, 4.69) is 18.4 Å². The van der Waals surface area contributed by atoms with Crippen molar-refractivity contribution in [1.82, 2.24) is 4.90 Å². The van der Waals surface area contributed by atoms with Crippen LogP contribution in [-0.4, -0.2) is 30.2 Å². The second-order valence-electron chi connectivity index (χ2n) is 4.28. The van der Waals surface area contributed by atoms with E-state index in [-0.39, 0.29) is 12.1 Å². The molecular formula is C13H19NO2S. The smallest absolute Gasteiger partial charge is 0.410 e. The van der Waals surface area contributed by atoms with Crippen molar-refractivity contribution in [1.29, 1.82) is 0 Å². The minimum Gasteiger partial charge on any atom is -0.450 e. The largest absolute Gasteiger partial charge is 0.450 e. The molecule has 0 saturated carbocycles. The molecule has 1 amide bonds. The molecule has 0 spiro atoms. The Balaban J connectivity index is 2.14. The van der Waals surface area contributed by atoms with Crippen LogP contribution in [0, 0.1) is 0 Å². The van der Waals surface area contributed by atoms with Crippen LogP contribution in [0.1, 0.15) is 30.7 Å². The molecule has 1 atom stereocenters. The topological polar surface area (TPSA) is 29.5 Å². The number of carbonyl (C=O) groups is 1. The van der Waals surface area contributed by atoms with Crippen LogP contribution in [0.15, 0.2) is 11.4 Å². The monoisotopic (exact) mass is 253 g/mol. The fraction of sp³-hybridized carbons (Fsp3) is 0.615. The summed E-state index contributed by atoms with van der Waals surface area (Å²) in [4.78, 5) is 15.2. The van der Waals surface area contributed by atoms with Crippen LogP contribution in [0.4, 0.5) is 4.79 Å². The second kappa shape index (κ2) is 5.54. The maximum atomic E-state index is 11.9. The SMILES string of the molecule is CCOC(=O)N1CCc2ccsc2CC1CC. The van der Waals surface area contributed by atoms with E-state index in [1.807, 2.05) is 11.8 Å². The van der Waals surface area contributed by atoms with Crippen LogP contribution in [0.3, 0.4) is 0 Å². The summed E-state index contributed by atoms with van der Waals surface area (Å²) in [6.07, 6.45) is 2.75. The average molecular weight is 253 g/mol. The zero-order chi connectivity index (χ0) is 12.3. The second-order valence-corrected chi connectivity index (χ2v) is 5.28. The number of hydrogen-bond acceptors (Lipinski definition) is 3. The fourth-order valence-electron chi connectivity index (χ4n) is 2.33. The summed E-state index contributed by atoms with van der Waals surface area (Å²) in [7, 11) is 0. The van der Waals surface area contributed by atoms with Gasteiger partial charge in [-0.2, -0.15) is 0 Å². The molecule has 0 radical (unpaired) electrons. The van der Waals surface area contributed by atoms with Crippen molar-refractivity contribution < 1.29 is 9.53 Å². The van der Waals surface area contributed by atoms with Crippen LogP contribution in [0.5, 0.6) is 0 Å². The molecular weight excluding hydrogens is 234 g/mol. The lowest BCUT2D eigenvalue weighted by molar-refractivity contribution is 0.0908. The third kappa shape index (κ3) is 2.63. The lowest BCUT2D eigenvalue weighted by Gasteiger charge is -2.28. The Labute approximate surface area is 106 Å². The summed E-state index contributed by atoms with van der Waals surface area (Å²) < 4.78 is 5.13. The van der Waals surface area contributed by atoms with E-state index in [4.69, 9.17) is 4.74 Å². The van der Waals surface area contributed by atoms with E-state index in [9.17, 15) is 4.79 Å². The minimum atomic E-state index is -0.158. The summed E-state index contributed by atoms with van der Waals surface area (Å²) in [5, 5.41) is 2.15. The Morgan fingerprint density at radius 1 is 1.59 bits per heavy atom. The summed E-state index contributed by atoms with van der Waals surface area (Å²) in [6.45, 7) is 5.22. The molecule has 3 nitrogen and oxygen atoms in total. The number of carbonyl (C=O) groups excluding carboxylic acids is 1. The molecule has 2 heterocycles. The highest BCUT2D eigenvalue weighted by molar-refractivity contribution is 7.10. The Morgan fingerprint density at radius 3 is 3.12 bits per heavy atom. The Kier molecular flexibility index (Phi) is 4.05. The first-order valence-electron chi connectivity index (χ1n) is 6.24. The molecule has 1 aliphatic rings. The maximum absolute atomic E-state index is 11.9. The highest BCUT2D eigenvalue weighted by atomic mass is 32.1. The number of rotatable bonds is 2. The zero-order valence-corrected chi connectivity index (χ0v) is 11.3. The standard InChI is InChI=1S/C13H19NO2S/c1-3-11-9-12-10(6-8-17-12)5-7-14(11)13(15)16-4-2/h6,8,11H,3-5,7,9H2,1-2H3. The Hall–Kier alpha value is -1.03. The van der Waals surface area contributed by atoms with Crippen LogP contribution in [-0.2, 0) is 17.6 Å². The molecule has 0 aliphatic carbocycles. The number of ether oxygens (including phenoxy) is 1. The van der Waals surface area contributed by atoms with Crippen molar-refractivity contribution in [3.8, 4) is 0 Å². The first kappa shape index (κ1) is 12.4. The number of nitrogens with zero attached hydrogens (tertiary/aromatic N) is 1. The molecule has 1 unspecified atom stereocenters. The van der Waals surface area contributed by atoms with Gasteiger partial charge in [0.25, 0.3) is 0 Å². The molecule has 0 fully saturated rings. The predicted molar refractivity (Wildman–Crippen MR) is 69.5 cm³/mol. The molecule has 1 aromatic heterocycles. The van der Waals surface area contributed by atoms with Gasteiger partial charge < -0.3 is 9.64 Å². The van der Waals surface area contributed by atoms with Gasteiger partial charge in [-0.15, -0.1) is 11.3 Å². The molecule has 94 valence electrons. The van der Waals surface area contributed by atoms with Crippen LogP contribution in [0.25, 0.3) is 0 Å². The van der Waals surface area contributed by atoms with E-state index >= 15 is 0 Å². The molecule has 4 heteroatoms. The summed E-state index contributed by atoms with van der Waals surface area (Å²) in [6, 6.07) is 2.47. The van der Waals surface area contributed by atoms with E-state index in [0.29, 0.717) is 6.61 Å². The summed E-state index contributed by atoms with van der Waals surface area (Å²) in [5.74, 6) is 0. The molecule has 1 aliphatic heterocycles. The van der Waals surface area contributed by atoms with Gasteiger partial charge in [-0.1, -0.05) is 6.92 Å². The normalized spacial score (nSPS) is 19.6. The highest BCUT2D eigenvalue weighted by Gasteiger charge is 2.27. The van der Waals surface area contributed by atoms with Crippen molar-refractivity contribution in [3.05, 3.63) is 21.9 Å². The van der Waals surface area contributed by atoms with E-state index in [1.165, 1.54) is 10.4 Å². The molecule has 0 saturated heterocycles. The van der Waals surface area contributed by atoms with Crippen molar-refractivity contribution in [3.63, 3.8) is 0 Å². The van der Waals surface area contributed by atoms with Crippen molar-refractivity contribution in [2.24, 2.45) is 0 Å². The highest BCUT2D eigenvalue weighted by Crippen LogP contribution is 2.26. The minimum absolute atomic E-state index is 0.158. The number of hydrogen-bond donors (Lipinski definition) is 0. The van der Waals surface area contributed by atoms with E-state index in [0.717, 1.165) is 25.8 Å². The summed E-state index contributed by atoms with van der Waals surface area (Å²) in [5.41, 5.74) is 1.40. The van der Waals surface area contributed by atoms with Gasteiger partial charge in [0.1, 0.15) is 0 Å². The third-order valence-corrected chi connectivity index (χ3v) is 4.28.